The molecule has 0 fully saturated rings. The van der Waals surface area contributed by atoms with Gasteiger partial charge >= 0.3 is 11.9 Å². The lowest BCUT2D eigenvalue weighted by atomic mass is 9.93. The van der Waals surface area contributed by atoms with Gasteiger partial charge in [0.05, 0.1) is 44.2 Å². The van der Waals surface area contributed by atoms with Gasteiger partial charge in [0, 0.05) is 15.6 Å². The largest absolute Gasteiger partial charge is 0.487 e. The molecule has 11 heteroatoms. The summed E-state index contributed by atoms with van der Waals surface area (Å²) in [6.07, 6.45) is 1.80. The molecule has 1 aliphatic heterocycles. The van der Waals surface area contributed by atoms with Gasteiger partial charge < -0.3 is 14.2 Å². The second-order valence-corrected chi connectivity index (χ2v) is 13.9. The molecule has 1 atom stereocenters. The van der Waals surface area contributed by atoms with Crippen molar-refractivity contribution in [2.75, 3.05) is 13.2 Å². The van der Waals surface area contributed by atoms with E-state index < -0.39 is 12.0 Å². The summed E-state index contributed by atoms with van der Waals surface area (Å²) in [6.45, 7) is 4.24. The fourth-order valence-corrected chi connectivity index (χ4v) is 8.18. The summed E-state index contributed by atoms with van der Waals surface area (Å²) < 4.78 is 20.6. The summed E-state index contributed by atoms with van der Waals surface area (Å²) in [5.41, 5.74) is 4.01. The van der Waals surface area contributed by atoms with Crippen LogP contribution in [0.3, 0.4) is 0 Å². The van der Waals surface area contributed by atoms with E-state index in [1.165, 1.54) is 11.3 Å². The minimum atomic E-state index is -0.759. The Labute approximate surface area is 308 Å². The summed E-state index contributed by atoms with van der Waals surface area (Å²) in [6, 6.07) is 29.1. The summed E-state index contributed by atoms with van der Waals surface area (Å²) in [7, 11) is 0. The fourth-order valence-electron chi connectivity index (χ4n) is 5.48. The summed E-state index contributed by atoms with van der Waals surface area (Å²) in [4.78, 5) is 45.5. The minimum absolute atomic E-state index is 0.177. The number of ether oxygens (including phenoxy) is 3. The number of halogens is 2. The van der Waals surface area contributed by atoms with Crippen LogP contribution < -0.4 is 19.6 Å². The third kappa shape index (κ3) is 7.48. The number of rotatable bonds is 10. The van der Waals surface area contributed by atoms with Crippen molar-refractivity contribution in [2.45, 2.75) is 26.5 Å². The monoisotopic (exact) mass is 848 g/mol. The van der Waals surface area contributed by atoms with Gasteiger partial charge in [0.1, 0.15) is 12.4 Å². The van der Waals surface area contributed by atoms with Gasteiger partial charge in [0.15, 0.2) is 4.80 Å². The number of fused-ring (bicyclic) bond motifs is 1. The van der Waals surface area contributed by atoms with E-state index in [0.717, 1.165) is 24.7 Å². The molecule has 5 aromatic rings. The van der Waals surface area contributed by atoms with E-state index in [2.05, 4.69) is 38.5 Å². The van der Waals surface area contributed by atoms with Crippen molar-refractivity contribution in [2.24, 2.45) is 4.99 Å². The smallest absolute Gasteiger partial charge is 0.338 e. The number of nitrogens with zero attached hydrogens (tertiary/aromatic N) is 2. The lowest BCUT2D eigenvalue weighted by Gasteiger charge is -2.25. The molecule has 1 aromatic heterocycles. The highest BCUT2D eigenvalue weighted by atomic mass is 127. The number of carbonyl (C=O) groups excluding carboxylic acids is 2. The second kappa shape index (κ2) is 15.5. The first kappa shape index (κ1) is 34.5. The van der Waals surface area contributed by atoms with Crippen molar-refractivity contribution < 1.29 is 23.8 Å². The van der Waals surface area contributed by atoms with Crippen LogP contribution in [0.15, 0.2) is 117 Å². The zero-order chi connectivity index (χ0) is 34.5. The first-order valence-corrected chi connectivity index (χ1v) is 18.2. The molecule has 4 aromatic carbocycles. The van der Waals surface area contributed by atoms with Crippen molar-refractivity contribution in [3.8, 4) is 5.75 Å². The standard InChI is InChI=1S/C38H30BrIN2O6S/c1-3-46-36(44)26-17-15-23(16-18-26)22-48-34-27(19-28(39)21-29(34)40)20-30-35(43)42-33(25-13-9-6-10-14-25)31(37(45)47-4-2)32(41-38(42)49-30)24-11-7-5-8-12-24/h5-21,33H,3-4,22H2,1-2H3/b30-20-/t33-/m0/s1. The van der Waals surface area contributed by atoms with Crippen LogP contribution in [0.25, 0.3) is 11.8 Å². The predicted octanol–water partition coefficient (Wildman–Crippen LogP) is 7.06. The molecule has 0 saturated heterocycles. The Kier molecular flexibility index (Phi) is 10.9. The van der Waals surface area contributed by atoms with E-state index >= 15 is 0 Å². The fraction of sp³-hybridized carbons (Fsp3) is 0.158. The lowest BCUT2D eigenvalue weighted by molar-refractivity contribution is -0.138. The van der Waals surface area contributed by atoms with Gasteiger partial charge in [-0.15, -0.1) is 0 Å². The molecule has 1 aliphatic rings. The van der Waals surface area contributed by atoms with Crippen LogP contribution in [-0.4, -0.2) is 29.7 Å². The Bertz CT molecular complexity index is 2230. The SMILES string of the molecule is CCOC(=O)C1=C(c2ccccc2)N=c2s/c(=C\c3cc(Br)cc(I)c3OCc3ccc(C(=O)OCC)cc3)c(=O)n2[C@H]1c1ccccc1. The van der Waals surface area contributed by atoms with Crippen LogP contribution in [0, 0.1) is 3.57 Å². The van der Waals surface area contributed by atoms with Crippen molar-refractivity contribution >= 4 is 73.6 Å². The Morgan fingerprint density at radius 2 is 1.57 bits per heavy atom. The number of esters is 2. The molecule has 0 aliphatic carbocycles. The Hall–Kier alpha value is -4.33. The molecule has 2 heterocycles. The van der Waals surface area contributed by atoms with E-state index in [1.807, 2.05) is 84.9 Å². The average molecular weight is 850 g/mol. The van der Waals surface area contributed by atoms with Gasteiger partial charge in [-0.05, 0) is 77.9 Å². The molecular weight excluding hydrogens is 819 g/mol. The minimum Gasteiger partial charge on any atom is -0.487 e. The molecule has 0 spiro atoms. The number of thiazole rings is 1. The number of hydrogen-bond acceptors (Lipinski definition) is 8. The van der Waals surface area contributed by atoms with Gasteiger partial charge in [-0.2, -0.15) is 0 Å². The lowest BCUT2D eigenvalue weighted by Crippen LogP contribution is -2.40. The number of carbonyl (C=O) groups is 2. The summed E-state index contributed by atoms with van der Waals surface area (Å²) in [5, 5.41) is 0. The zero-order valence-electron chi connectivity index (χ0n) is 26.5. The van der Waals surface area contributed by atoms with Gasteiger partial charge in [0.2, 0.25) is 0 Å². The maximum atomic E-state index is 14.4. The summed E-state index contributed by atoms with van der Waals surface area (Å²) in [5.74, 6) is -0.303. The van der Waals surface area contributed by atoms with Crippen molar-refractivity contribution in [3.63, 3.8) is 0 Å². The van der Waals surface area contributed by atoms with E-state index in [-0.39, 0.29) is 24.7 Å². The second-order valence-electron chi connectivity index (χ2n) is 10.9. The molecule has 49 heavy (non-hydrogen) atoms. The van der Waals surface area contributed by atoms with Crippen LogP contribution in [0.5, 0.6) is 5.75 Å². The average Bonchev–Trinajstić information content (AvgIpc) is 3.42. The van der Waals surface area contributed by atoms with Crippen LogP contribution in [0.2, 0.25) is 0 Å². The molecule has 248 valence electrons. The maximum Gasteiger partial charge on any atom is 0.338 e. The van der Waals surface area contributed by atoms with Crippen molar-refractivity contribution in [1.29, 1.82) is 0 Å². The number of hydrogen-bond donors (Lipinski definition) is 0. The highest BCUT2D eigenvalue weighted by Crippen LogP contribution is 2.35. The molecule has 6 rings (SSSR count). The van der Waals surface area contributed by atoms with E-state index in [9.17, 15) is 14.4 Å². The zero-order valence-corrected chi connectivity index (χ0v) is 31.1. The molecule has 8 nitrogen and oxygen atoms in total. The highest BCUT2D eigenvalue weighted by Gasteiger charge is 2.35. The normalized spacial score (nSPS) is 14.2. The van der Waals surface area contributed by atoms with Crippen LogP contribution in [0.1, 0.15) is 52.5 Å². The molecular formula is C38H30BrIN2O6S. The van der Waals surface area contributed by atoms with Crippen LogP contribution >= 0.6 is 49.9 Å². The molecule has 0 N–H and O–H groups in total. The van der Waals surface area contributed by atoms with Gasteiger partial charge in [-0.1, -0.05) is 100 Å². The maximum absolute atomic E-state index is 14.4. The third-order valence-corrected chi connectivity index (χ3v) is 9.90. The molecule has 0 amide bonds. The number of aromatic nitrogens is 1. The van der Waals surface area contributed by atoms with Crippen molar-refractivity contribution in [1.82, 2.24) is 4.57 Å². The molecule has 0 bridgehead atoms. The number of benzene rings is 4. The highest BCUT2D eigenvalue weighted by molar-refractivity contribution is 14.1. The van der Waals surface area contributed by atoms with Gasteiger partial charge in [-0.25, -0.2) is 14.6 Å². The topological polar surface area (TPSA) is 96.2 Å². The van der Waals surface area contributed by atoms with Gasteiger partial charge in [0.25, 0.3) is 5.56 Å². The summed E-state index contributed by atoms with van der Waals surface area (Å²) >= 11 is 7.06. The quantitative estimate of drug-likeness (QED) is 0.110. The van der Waals surface area contributed by atoms with E-state index in [4.69, 9.17) is 19.2 Å². The van der Waals surface area contributed by atoms with Gasteiger partial charge in [-0.3, -0.25) is 9.36 Å². The third-order valence-electron chi connectivity index (χ3n) is 7.66. The Balaban J connectivity index is 1.47. The Morgan fingerprint density at radius 3 is 2.24 bits per heavy atom. The van der Waals surface area contributed by atoms with E-state index in [1.54, 1.807) is 36.6 Å². The molecule has 0 saturated carbocycles. The Morgan fingerprint density at radius 1 is 0.918 bits per heavy atom. The van der Waals surface area contributed by atoms with Crippen LogP contribution in [0.4, 0.5) is 0 Å². The first-order valence-electron chi connectivity index (χ1n) is 15.5. The van der Waals surface area contributed by atoms with Crippen molar-refractivity contribution in [3.05, 3.63) is 158 Å². The van der Waals surface area contributed by atoms with E-state index in [0.29, 0.717) is 44.1 Å². The molecule has 0 unspecified atom stereocenters. The van der Waals surface area contributed by atoms with Crippen LogP contribution in [-0.2, 0) is 20.9 Å². The first-order chi connectivity index (χ1) is 23.8. The molecule has 0 radical (unpaired) electrons. The predicted molar refractivity (Wildman–Crippen MR) is 201 cm³/mol.